The van der Waals surface area contributed by atoms with Gasteiger partial charge in [-0.05, 0) is 37.9 Å². The second-order valence-electron chi connectivity index (χ2n) is 4.28. The van der Waals surface area contributed by atoms with Crippen LogP contribution < -0.4 is 5.73 Å². The lowest BCUT2D eigenvalue weighted by molar-refractivity contribution is 0.393. The van der Waals surface area contributed by atoms with E-state index in [2.05, 4.69) is 4.98 Å². The van der Waals surface area contributed by atoms with Gasteiger partial charge in [-0.2, -0.15) is 4.31 Å². The van der Waals surface area contributed by atoms with Gasteiger partial charge in [0, 0.05) is 18.8 Å². The van der Waals surface area contributed by atoms with Crippen molar-refractivity contribution in [3.05, 3.63) is 24.1 Å². The standard InChI is InChI=1S/C11H16FN3O2S/c12-10-3-1-7-14-11(10)18(16,17)15(8-2-6-13)9-4-5-9/h1,3,7,9H,2,4-6,8,13H2. The lowest BCUT2D eigenvalue weighted by atomic mass is 10.4. The molecule has 0 spiro atoms. The van der Waals surface area contributed by atoms with Crippen LogP contribution in [0.15, 0.2) is 23.4 Å². The topological polar surface area (TPSA) is 76.3 Å². The fourth-order valence-corrected chi connectivity index (χ4v) is 3.48. The Morgan fingerprint density at radius 3 is 2.78 bits per heavy atom. The number of aromatic nitrogens is 1. The van der Waals surface area contributed by atoms with Crippen LogP contribution in [0.25, 0.3) is 0 Å². The van der Waals surface area contributed by atoms with Crippen molar-refractivity contribution in [3.63, 3.8) is 0 Å². The number of pyridine rings is 1. The highest BCUT2D eigenvalue weighted by atomic mass is 32.2. The molecule has 0 radical (unpaired) electrons. The molecule has 1 aliphatic rings. The third-order valence-corrected chi connectivity index (χ3v) is 4.70. The molecule has 2 N–H and O–H groups in total. The average Bonchev–Trinajstić information content (AvgIpc) is 3.14. The zero-order valence-corrected chi connectivity index (χ0v) is 10.7. The molecule has 0 amide bonds. The molecule has 100 valence electrons. The van der Waals surface area contributed by atoms with Crippen molar-refractivity contribution in [3.8, 4) is 0 Å². The number of rotatable bonds is 6. The Hall–Kier alpha value is -1.05. The maximum absolute atomic E-state index is 13.6. The van der Waals surface area contributed by atoms with Crippen LogP contribution in [-0.2, 0) is 10.0 Å². The summed E-state index contributed by atoms with van der Waals surface area (Å²) < 4.78 is 39.5. The van der Waals surface area contributed by atoms with E-state index >= 15 is 0 Å². The molecule has 1 saturated carbocycles. The Morgan fingerprint density at radius 1 is 1.50 bits per heavy atom. The fraction of sp³-hybridized carbons (Fsp3) is 0.545. The molecule has 1 aromatic rings. The van der Waals surface area contributed by atoms with Crippen LogP contribution in [0.4, 0.5) is 4.39 Å². The lowest BCUT2D eigenvalue weighted by Crippen LogP contribution is -2.35. The van der Waals surface area contributed by atoms with Crippen LogP contribution in [0.3, 0.4) is 0 Å². The van der Waals surface area contributed by atoms with Crippen molar-refractivity contribution < 1.29 is 12.8 Å². The van der Waals surface area contributed by atoms with Gasteiger partial charge in [-0.15, -0.1) is 0 Å². The highest BCUT2D eigenvalue weighted by Crippen LogP contribution is 2.32. The summed E-state index contributed by atoms with van der Waals surface area (Å²) in [6.07, 6.45) is 3.48. The number of sulfonamides is 1. The van der Waals surface area contributed by atoms with Crippen molar-refractivity contribution in [2.24, 2.45) is 5.73 Å². The summed E-state index contributed by atoms with van der Waals surface area (Å²) in [5, 5.41) is -0.492. The minimum absolute atomic E-state index is 0.0250. The molecular formula is C11H16FN3O2S. The van der Waals surface area contributed by atoms with Gasteiger partial charge in [0.05, 0.1) is 0 Å². The smallest absolute Gasteiger partial charge is 0.263 e. The predicted octanol–water partition coefficient (Wildman–Crippen LogP) is 0.723. The van der Waals surface area contributed by atoms with Crippen LogP contribution in [0.5, 0.6) is 0 Å². The minimum Gasteiger partial charge on any atom is -0.330 e. The van der Waals surface area contributed by atoms with Crippen molar-refractivity contribution in [2.45, 2.75) is 30.3 Å². The summed E-state index contributed by atoms with van der Waals surface area (Å²) in [6, 6.07) is 2.45. The Kier molecular flexibility index (Phi) is 3.94. The normalized spacial score (nSPS) is 16.2. The van der Waals surface area contributed by atoms with E-state index in [0.717, 1.165) is 18.9 Å². The monoisotopic (exact) mass is 273 g/mol. The van der Waals surface area contributed by atoms with E-state index < -0.39 is 20.9 Å². The highest BCUT2D eigenvalue weighted by molar-refractivity contribution is 7.89. The van der Waals surface area contributed by atoms with Gasteiger partial charge < -0.3 is 5.73 Å². The number of nitrogens with two attached hydrogens (primary N) is 1. The van der Waals surface area contributed by atoms with Gasteiger partial charge in [0.25, 0.3) is 10.0 Å². The lowest BCUT2D eigenvalue weighted by Gasteiger charge is -2.21. The number of hydrogen-bond donors (Lipinski definition) is 1. The van der Waals surface area contributed by atoms with Crippen molar-refractivity contribution in [2.75, 3.05) is 13.1 Å². The van der Waals surface area contributed by atoms with E-state index in [1.54, 1.807) is 0 Å². The molecule has 1 heterocycles. The van der Waals surface area contributed by atoms with E-state index in [1.165, 1.54) is 16.6 Å². The Balaban J connectivity index is 2.30. The van der Waals surface area contributed by atoms with Gasteiger partial charge in [0.2, 0.25) is 5.03 Å². The van der Waals surface area contributed by atoms with Gasteiger partial charge in [0.1, 0.15) is 0 Å². The molecule has 1 fully saturated rings. The summed E-state index contributed by atoms with van der Waals surface area (Å²) in [4.78, 5) is 3.65. The molecule has 2 rings (SSSR count). The van der Waals surface area contributed by atoms with Gasteiger partial charge in [-0.25, -0.2) is 17.8 Å². The molecule has 1 aromatic heterocycles. The summed E-state index contributed by atoms with van der Waals surface area (Å²) in [6.45, 7) is 0.725. The second-order valence-corrected chi connectivity index (χ2v) is 6.09. The fourth-order valence-electron chi connectivity index (χ4n) is 1.78. The van der Waals surface area contributed by atoms with Crippen molar-refractivity contribution in [1.82, 2.24) is 9.29 Å². The Bertz CT molecular complexity index is 517. The maximum atomic E-state index is 13.6. The Morgan fingerprint density at radius 2 is 2.22 bits per heavy atom. The van der Waals surface area contributed by atoms with Gasteiger partial charge >= 0.3 is 0 Å². The third-order valence-electron chi connectivity index (χ3n) is 2.81. The molecule has 0 atom stereocenters. The summed E-state index contributed by atoms with van der Waals surface area (Å²) in [5.41, 5.74) is 5.40. The largest absolute Gasteiger partial charge is 0.330 e. The van der Waals surface area contributed by atoms with Gasteiger partial charge in [0.15, 0.2) is 5.82 Å². The molecule has 0 aromatic carbocycles. The van der Waals surface area contributed by atoms with E-state index in [9.17, 15) is 12.8 Å². The van der Waals surface area contributed by atoms with Crippen LogP contribution in [0.2, 0.25) is 0 Å². The summed E-state index contributed by atoms with van der Waals surface area (Å²) in [5.74, 6) is -0.809. The predicted molar refractivity (Wildman–Crippen MR) is 64.8 cm³/mol. The first-order chi connectivity index (χ1) is 8.57. The van der Waals surface area contributed by atoms with Gasteiger partial charge in [-0.1, -0.05) is 0 Å². The first-order valence-corrected chi connectivity index (χ1v) is 7.34. The number of halogens is 1. The maximum Gasteiger partial charge on any atom is 0.263 e. The number of hydrogen-bond acceptors (Lipinski definition) is 4. The third kappa shape index (κ3) is 2.68. The summed E-state index contributed by atoms with van der Waals surface area (Å²) in [7, 11) is -3.85. The molecular weight excluding hydrogens is 257 g/mol. The van der Waals surface area contributed by atoms with Crippen molar-refractivity contribution in [1.29, 1.82) is 0 Å². The van der Waals surface area contributed by atoms with E-state index in [0.29, 0.717) is 19.5 Å². The van der Waals surface area contributed by atoms with Crippen LogP contribution in [-0.4, -0.2) is 36.8 Å². The summed E-state index contributed by atoms with van der Waals surface area (Å²) >= 11 is 0. The quantitative estimate of drug-likeness (QED) is 0.828. The Labute approximate surface area is 106 Å². The molecule has 7 heteroatoms. The second kappa shape index (κ2) is 5.29. The average molecular weight is 273 g/mol. The van der Waals surface area contributed by atoms with E-state index in [4.69, 9.17) is 5.73 Å². The van der Waals surface area contributed by atoms with E-state index in [1.807, 2.05) is 0 Å². The zero-order valence-electron chi connectivity index (χ0n) is 9.92. The first kappa shape index (κ1) is 13.4. The van der Waals surface area contributed by atoms with E-state index in [-0.39, 0.29) is 6.04 Å². The number of nitrogens with zero attached hydrogens (tertiary/aromatic N) is 2. The minimum atomic E-state index is -3.85. The SMILES string of the molecule is NCCCN(C1CC1)S(=O)(=O)c1ncccc1F. The first-order valence-electron chi connectivity index (χ1n) is 5.90. The van der Waals surface area contributed by atoms with Crippen molar-refractivity contribution >= 4 is 10.0 Å². The molecule has 18 heavy (non-hydrogen) atoms. The van der Waals surface area contributed by atoms with Crippen LogP contribution in [0, 0.1) is 5.82 Å². The molecule has 0 bridgehead atoms. The molecule has 5 nitrogen and oxygen atoms in total. The molecule has 1 aliphatic carbocycles. The molecule has 0 unspecified atom stereocenters. The van der Waals surface area contributed by atoms with Crippen LogP contribution in [0.1, 0.15) is 19.3 Å². The van der Waals surface area contributed by atoms with Gasteiger partial charge in [-0.3, -0.25) is 0 Å². The molecule has 0 saturated heterocycles. The molecule has 0 aliphatic heterocycles. The van der Waals surface area contributed by atoms with Crippen LogP contribution >= 0.6 is 0 Å². The highest BCUT2D eigenvalue weighted by Gasteiger charge is 2.39. The zero-order chi connectivity index (χ0) is 13.2.